The van der Waals surface area contributed by atoms with Gasteiger partial charge in [0.2, 0.25) is 0 Å². The van der Waals surface area contributed by atoms with Gasteiger partial charge in [-0.05, 0) is 6.42 Å². The monoisotopic (exact) mass is 231 g/mol. The van der Waals surface area contributed by atoms with Crippen molar-refractivity contribution in [3.05, 3.63) is 0 Å². The van der Waals surface area contributed by atoms with Crippen molar-refractivity contribution in [2.24, 2.45) is 0 Å². The first-order chi connectivity index (χ1) is 5.92. The van der Waals surface area contributed by atoms with Crippen molar-refractivity contribution in [2.45, 2.75) is 44.6 Å². The van der Waals surface area contributed by atoms with Gasteiger partial charge in [-0.1, -0.05) is 19.8 Å². The number of hydrogen-bond acceptors (Lipinski definition) is 1. The zero-order chi connectivity index (χ0) is 10.5. The van der Waals surface area contributed by atoms with Gasteiger partial charge in [0.05, 0.1) is 0 Å². The Kier molecular flexibility index (Phi) is 7.96. The third-order valence-corrected chi connectivity index (χ3v) is 1.95. The molecule has 0 aliphatic carbocycles. The Morgan fingerprint density at radius 3 is 2.36 bits per heavy atom. The lowest BCUT2D eigenvalue weighted by molar-refractivity contribution is -0.457. The Hall–Kier alpha value is -0.420. The number of carboxylic acid groups (broad SMARTS) is 1. The number of alkyl halides is 2. The average Bonchev–Trinajstić information content (AvgIpc) is 2.04. The van der Waals surface area contributed by atoms with Crippen LogP contribution in [-0.4, -0.2) is 23.0 Å². The van der Waals surface area contributed by atoms with E-state index in [2.05, 4.69) is 5.73 Å². The van der Waals surface area contributed by atoms with Crippen LogP contribution < -0.4 is 18.1 Å². The molecule has 4 N–H and O–H groups in total. The van der Waals surface area contributed by atoms with Crippen LogP contribution in [0.2, 0.25) is 0 Å². The summed E-state index contributed by atoms with van der Waals surface area (Å²) in [5.41, 5.74) is 3.17. The Morgan fingerprint density at radius 1 is 1.50 bits per heavy atom. The molecule has 0 aromatic heterocycles. The molecule has 86 valence electrons. The van der Waals surface area contributed by atoms with Crippen LogP contribution in [-0.2, 0) is 4.79 Å². The predicted octanol–water partition coefficient (Wildman–Crippen LogP) is -2.10. The quantitative estimate of drug-likeness (QED) is 0.515. The largest absolute Gasteiger partial charge is 1.00 e. The second kappa shape index (κ2) is 6.95. The molecule has 0 heterocycles. The van der Waals surface area contributed by atoms with E-state index in [1.54, 1.807) is 0 Å². The van der Waals surface area contributed by atoms with Crippen molar-refractivity contribution in [1.82, 2.24) is 0 Å². The van der Waals surface area contributed by atoms with Crippen LogP contribution >= 0.6 is 0 Å². The van der Waals surface area contributed by atoms with Crippen LogP contribution in [0.25, 0.3) is 0 Å². The number of aliphatic carboxylic acids is 1. The number of halogens is 3. The van der Waals surface area contributed by atoms with E-state index in [4.69, 9.17) is 5.11 Å². The lowest BCUT2D eigenvalue weighted by atomic mass is 10.0. The summed E-state index contributed by atoms with van der Waals surface area (Å²) in [6, 6.07) is -1.32. The van der Waals surface area contributed by atoms with E-state index in [1.165, 1.54) is 0 Å². The molecule has 0 radical (unpaired) electrons. The molecule has 0 rings (SSSR count). The third-order valence-electron chi connectivity index (χ3n) is 1.95. The molecule has 0 unspecified atom stereocenters. The normalized spacial score (nSPS) is 13.1. The number of carbonyl (C=O) groups is 1. The van der Waals surface area contributed by atoms with Gasteiger partial charge >= 0.3 is 11.9 Å². The molecule has 0 bridgehead atoms. The molecule has 0 aromatic carbocycles. The summed E-state index contributed by atoms with van der Waals surface area (Å²) >= 11 is 0. The number of unbranched alkanes of at least 4 members (excludes halogenated alkanes) is 2. The molecule has 0 fully saturated rings. The fourth-order valence-corrected chi connectivity index (χ4v) is 0.997. The first-order valence-corrected chi connectivity index (χ1v) is 4.37. The minimum atomic E-state index is -3.69. The van der Waals surface area contributed by atoms with Gasteiger partial charge in [0.15, 0.2) is 6.04 Å². The van der Waals surface area contributed by atoms with Crippen molar-refractivity contribution in [2.75, 3.05) is 0 Å². The van der Waals surface area contributed by atoms with Crippen LogP contribution in [0.4, 0.5) is 8.78 Å². The fraction of sp³-hybridized carbons (Fsp3) is 0.875. The van der Waals surface area contributed by atoms with Gasteiger partial charge < -0.3 is 23.2 Å². The van der Waals surface area contributed by atoms with Gasteiger partial charge in [-0.2, -0.15) is 8.78 Å². The van der Waals surface area contributed by atoms with Gasteiger partial charge in [-0.3, -0.25) is 0 Å². The Balaban J connectivity index is 0. The molecule has 0 aromatic rings. The van der Waals surface area contributed by atoms with Gasteiger partial charge in [0.25, 0.3) is 0 Å². The van der Waals surface area contributed by atoms with E-state index >= 15 is 0 Å². The van der Waals surface area contributed by atoms with Crippen LogP contribution in [0.15, 0.2) is 0 Å². The van der Waals surface area contributed by atoms with Crippen molar-refractivity contribution in [3.63, 3.8) is 0 Å². The Labute approximate surface area is 88.1 Å². The highest BCUT2D eigenvalue weighted by Crippen LogP contribution is 2.20. The second-order valence-electron chi connectivity index (χ2n) is 3.12. The average molecular weight is 232 g/mol. The predicted molar refractivity (Wildman–Crippen MR) is 43.4 cm³/mol. The van der Waals surface area contributed by atoms with Gasteiger partial charge in [-0.15, -0.1) is 0 Å². The highest BCUT2D eigenvalue weighted by atomic mass is 35.5. The van der Waals surface area contributed by atoms with E-state index in [0.717, 1.165) is 12.8 Å². The van der Waals surface area contributed by atoms with Crippen LogP contribution in [0, 0.1) is 0 Å². The first kappa shape index (κ1) is 16.0. The Morgan fingerprint density at radius 2 is 2.00 bits per heavy atom. The number of carboxylic acids is 1. The van der Waals surface area contributed by atoms with Crippen LogP contribution in [0.5, 0.6) is 0 Å². The van der Waals surface area contributed by atoms with Crippen molar-refractivity contribution < 1.29 is 36.8 Å². The highest BCUT2D eigenvalue weighted by molar-refractivity contribution is 5.75. The van der Waals surface area contributed by atoms with Crippen LogP contribution in [0.1, 0.15) is 32.6 Å². The minimum absolute atomic E-state index is 0. The molecule has 0 aliphatic rings. The summed E-state index contributed by atoms with van der Waals surface area (Å²) in [7, 11) is 0. The number of quaternary nitrogens is 1. The maximum atomic E-state index is 12.7. The number of hydrogen-bond donors (Lipinski definition) is 2. The zero-order valence-electron chi connectivity index (χ0n) is 8.10. The van der Waals surface area contributed by atoms with Gasteiger partial charge in [0, 0.05) is 6.42 Å². The van der Waals surface area contributed by atoms with E-state index < -0.39 is 17.9 Å². The smallest absolute Gasteiger partial charge is 0.392 e. The third kappa shape index (κ3) is 4.72. The lowest BCUT2D eigenvalue weighted by Gasteiger charge is -2.15. The molecule has 0 saturated heterocycles. The SMILES string of the molecule is CCCCC[C@H]([NH3+])C(F)(F)C(=O)O.[Cl-]. The van der Waals surface area contributed by atoms with Crippen molar-refractivity contribution >= 4 is 5.97 Å². The number of rotatable bonds is 6. The molecule has 0 amide bonds. The second-order valence-corrected chi connectivity index (χ2v) is 3.12. The van der Waals surface area contributed by atoms with E-state index in [0.29, 0.717) is 6.42 Å². The standard InChI is InChI=1S/C8H15F2NO2.ClH/c1-2-3-4-5-6(11)8(9,10)7(12)13;/h6H,2-5,11H2,1H3,(H,12,13);1H/t6-;/m0./s1. The molecule has 1 atom stereocenters. The van der Waals surface area contributed by atoms with E-state index in [1.807, 2.05) is 6.92 Å². The zero-order valence-corrected chi connectivity index (χ0v) is 8.86. The van der Waals surface area contributed by atoms with Gasteiger partial charge in [-0.25, -0.2) is 4.79 Å². The molecule has 0 aliphatic heterocycles. The topological polar surface area (TPSA) is 64.9 Å². The summed E-state index contributed by atoms with van der Waals surface area (Å²) in [5.74, 6) is -5.77. The highest BCUT2D eigenvalue weighted by Gasteiger charge is 2.48. The maximum absolute atomic E-state index is 12.7. The molecule has 0 spiro atoms. The molecule has 6 heteroatoms. The molecule has 14 heavy (non-hydrogen) atoms. The minimum Gasteiger partial charge on any atom is -1.00 e. The van der Waals surface area contributed by atoms with E-state index in [-0.39, 0.29) is 18.8 Å². The molecular weight excluding hydrogens is 216 g/mol. The van der Waals surface area contributed by atoms with Crippen LogP contribution in [0.3, 0.4) is 0 Å². The summed E-state index contributed by atoms with van der Waals surface area (Å²) in [5, 5.41) is 8.18. The van der Waals surface area contributed by atoms with Crippen molar-refractivity contribution in [3.8, 4) is 0 Å². The molecule has 0 saturated carbocycles. The van der Waals surface area contributed by atoms with E-state index in [9.17, 15) is 13.6 Å². The lowest BCUT2D eigenvalue weighted by Crippen LogP contribution is -3.00. The summed E-state index contributed by atoms with van der Waals surface area (Å²) in [6.45, 7) is 1.95. The Bertz CT molecular complexity index is 179. The van der Waals surface area contributed by atoms with Crippen molar-refractivity contribution in [1.29, 1.82) is 0 Å². The summed E-state index contributed by atoms with van der Waals surface area (Å²) in [4.78, 5) is 10.1. The molecule has 3 nitrogen and oxygen atoms in total. The summed E-state index contributed by atoms with van der Waals surface area (Å²) < 4.78 is 25.4. The maximum Gasteiger partial charge on any atom is 0.392 e. The fourth-order valence-electron chi connectivity index (χ4n) is 0.997. The van der Waals surface area contributed by atoms with Gasteiger partial charge in [0.1, 0.15) is 0 Å². The summed E-state index contributed by atoms with van der Waals surface area (Å²) in [6.07, 6.45) is 2.52. The molecular formula is C8H16ClF2NO2. The first-order valence-electron chi connectivity index (χ1n) is 4.37.